The molecule has 0 aliphatic heterocycles. The summed E-state index contributed by atoms with van der Waals surface area (Å²) in [6.07, 6.45) is 0.574. The van der Waals surface area contributed by atoms with E-state index in [1.165, 1.54) is 28.4 Å². The van der Waals surface area contributed by atoms with Crippen LogP contribution < -0.4 is 5.32 Å². The fraction of sp³-hybridized carbons (Fsp3) is 0.333. The van der Waals surface area contributed by atoms with Crippen LogP contribution in [0.15, 0.2) is 83.8 Å². The zero-order valence-electron chi connectivity index (χ0n) is 22.9. The van der Waals surface area contributed by atoms with Crippen molar-refractivity contribution in [1.29, 1.82) is 0 Å². The normalized spacial score (nSPS) is 12.4. The summed E-state index contributed by atoms with van der Waals surface area (Å²) in [5, 5.41) is 3.72. The second-order valence-corrected chi connectivity index (χ2v) is 12.7. The van der Waals surface area contributed by atoms with Crippen LogP contribution in [-0.4, -0.2) is 55.1 Å². The quantitative estimate of drug-likeness (QED) is 0.277. The predicted octanol–water partition coefficient (Wildman–Crippen LogP) is 5.56. The van der Waals surface area contributed by atoms with E-state index >= 15 is 0 Å². The first kappa shape index (κ1) is 31.6. The van der Waals surface area contributed by atoms with Gasteiger partial charge in [0.2, 0.25) is 21.8 Å². The highest BCUT2D eigenvalue weighted by molar-refractivity contribution is 7.89. The molecule has 10 heteroatoms. The lowest BCUT2D eigenvalue weighted by Gasteiger charge is -2.32. The Labute approximate surface area is 247 Å². The average molecular weight is 605 g/mol. The van der Waals surface area contributed by atoms with Gasteiger partial charge in [-0.15, -0.1) is 0 Å². The summed E-state index contributed by atoms with van der Waals surface area (Å²) in [6.45, 7) is 3.87. The van der Waals surface area contributed by atoms with E-state index in [2.05, 4.69) is 5.32 Å². The molecule has 0 radical (unpaired) electrons. The summed E-state index contributed by atoms with van der Waals surface area (Å²) in [7, 11) is -2.20. The van der Waals surface area contributed by atoms with Crippen molar-refractivity contribution in [2.24, 2.45) is 0 Å². The highest BCUT2D eigenvalue weighted by Gasteiger charge is 2.31. The van der Waals surface area contributed by atoms with Crippen molar-refractivity contribution in [2.75, 3.05) is 13.6 Å². The van der Waals surface area contributed by atoms with Crippen LogP contribution in [0.5, 0.6) is 0 Å². The highest BCUT2D eigenvalue weighted by atomic mass is 35.5. The number of hydrogen-bond acceptors (Lipinski definition) is 4. The number of nitrogens with zero attached hydrogens (tertiary/aromatic N) is 2. The molecule has 0 saturated carbocycles. The zero-order valence-corrected chi connectivity index (χ0v) is 25.2. The highest BCUT2D eigenvalue weighted by Crippen LogP contribution is 2.28. The molecule has 1 N–H and O–H groups in total. The van der Waals surface area contributed by atoms with Gasteiger partial charge in [-0.2, -0.15) is 0 Å². The van der Waals surface area contributed by atoms with E-state index in [9.17, 15) is 18.0 Å². The maximum absolute atomic E-state index is 13.8. The minimum atomic E-state index is -3.69. The average Bonchev–Trinajstić information content (AvgIpc) is 2.92. The molecule has 3 rings (SSSR count). The van der Waals surface area contributed by atoms with Crippen molar-refractivity contribution >= 4 is 45.0 Å². The molecule has 0 aromatic heterocycles. The number of benzene rings is 3. The van der Waals surface area contributed by atoms with Gasteiger partial charge in [-0.25, -0.2) is 12.7 Å². The van der Waals surface area contributed by atoms with Crippen molar-refractivity contribution in [3.8, 4) is 0 Å². The lowest BCUT2D eigenvalue weighted by atomic mass is 10.0. The SMILES string of the molecule is CC(C)NC(=O)[C@H](Cc1ccccc1)N(Cc1c(Cl)cccc1Cl)C(=O)CCCN(C)S(=O)(=O)c1ccccc1. The third-order valence-electron chi connectivity index (χ3n) is 6.41. The maximum Gasteiger partial charge on any atom is 0.243 e. The molecule has 0 spiro atoms. The van der Waals surface area contributed by atoms with Gasteiger partial charge in [-0.1, -0.05) is 77.8 Å². The number of sulfonamides is 1. The van der Waals surface area contributed by atoms with E-state index in [4.69, 9.17) is 23.2 Å². The first-order valence-electron chi connectivity index (χ1n) is 13.1. The second kappa shape index (κ2) is 14.6. The van der Waals surface area contributed by atoms with Gasteiger partial charge in [-0.3, -0.25) is 9.59 Å². The van der Waals surface area contributed by atoms with Gasteiger partial charge in [0.1, 0.15) is 6.04 Å². The maximum atomic E-state index is 13.8. The molecule has 7 nitrogen and oxygen atoms in total. The van der Waals surface area contributed by atoms with Gasteiger partial charge >= 0.3 is 0 Å². The summed E-state index contributed by atoms with van der Waals surface area (Å²) in [5.41, 5.74) is 1.43. The molecule has 0 aliphatic rings. The van der Waals surface area contributed by atoms with Gasteiger partial charge in [0, 0.05) is 54.6 Å². The monoisotopic (exact) mass is 603 g/mol. The molecule has 3 aromatic rings. The van der Waals surface area contributed by atoms with Gasteiger partial charge in [0.25, 0.3) is 0 Å². The molecule has 1 atom stereocenters. The van der Waals surface area contributed by atoms with Gasteiger partial charge < -0.3 is 10.2 Å². The van der Waals surface area contributed by atoms with Crippen LogP contribution in [0.25, 0.3) is 0 Å². The second-order valence-electron chi connectivity index (χ2n) is 9.83. The van der Waals surface area contributed by atoms with Crippen molar-refractivity contribution in [3.63, 3.8) is 0 Å². The smallest absolute Gasteiger partial charge is 0.243 e. The molecular formula is C30H35Cl2N3O4S. The molecule has 0 saturated heterocycles. The number of nitrogens with one attached hydrogen (secondary N) is 1. The molecule has 214 valence electrons. The topological polar surface area (TPSA) is 86.8 Å². The molecule has 0 bridgehead atoms. The summed E-state index contributed by atoms with van der Waals surface area (Å²) >= 11 is 12.9. The molecule has 0 fully saturated rings. The first-order chi connectivity index (χ1) is 19.0. The Balaban J connectivity index is 1.87. The third-order valence-corrected chi connectivity index (χ3v) is 8.99. The fourth-order valence-corrected chi connectivity index (χ4v) is 6.02. The van der Waals surface area contributed by atoms with Crippen LogP contribution in [0.2, 0.25) is 10.0 Å². The van der Waals surface area contributed by atoms with E-state index in [0.29, 0.717) is 15.6 Å². The first-order valence-corrected chi connectivity index (χ1v) is 15.3. The molecule has 3 aromatic carbocycles. The number of carbonyl (C=O) groups is 2. The molecular weight excluding hydrogens is 569 g/mol. The summed E-state index contributed by atoms with van der Waals surface area (Å²) < 4.78 is 27.1. The van der Waals surface area contributed by atoms with Crippen LogP contribution in [-0.2, 0) is 32.6 Å². The van der Waals surface area contributed by atoms with Crippen LogP contribution in [0.1, 0.15) is 37.8 Å². The summed E-state index contributed by atoms with van der Waals surface area (Å²) in [6, 6.07) is 21.7. The Bertz CT molecular complexity index is 1370. The van der Waals surface area contributed by atoms with Crippen molar-refractivity contribution in [2.45, 2.75) is 56.6 Å². The lowest BCUT2D eigenvalue weighted by molar-refractivity contribution is -0.141. The van der Waals surface area contributed by atoms with Crippen LogP contribution >= 0.6 is 23.2 Å². The molecule has 2 amide bonds. The molecule has 0 aliphatic carbocycles. The van der Waals surface area contributed by atoms with E-state index in [1.54, 1.807) is 36.4 Å². The molecule has 40 heavy (non-hydrogen) atoms. The lowest BCUT2D eigenvalue weighted by Crippen LogP contribution is -2.52. The largest absolute Gasteiger partial charge is 0.352 e. The Morgan fingerprint density at radius 2 is 1.45 bits per heavy atom. The zero-order chi connectivity index (χ0) is 29.3. The van der Waals surface area contributed by atoms with Gasteiger partial charge in [-0.05, 0) is 50.1 Å². The summed E-state index contributed by atoms with van der Waals surface area (Å²) in [4.78, 5) is 29.0. The van der Waals surface area contributed by atoms with Gasteiger partial charge in [0.05, 0.1) is 4.90 Å². The molecule has 0 unspecified atom stereocenters. The molecule has 0 heterocycles. The number of amides is 2. The predicted molar refractivity (Wildman–Crippen MR) is 160 cm³/mol. The van der Waals surface area contributed by atoms with E-state index in [1.807, 2.05) is 44.2 Å². The van der Waals surface area contributed by atoms with Crippen LogP contribution in [0.3, 0.4) is 0 Å². The Morgan fingerprint density at radius 3 is 2.02 bits per heavy atom. The Kier molecular flexibility index (Phi) is 11.6. The van der Waals surface area contributed by atoms with E-state index in [-0.39, 0.29) is 55.1 Å². The number of hydrogen-bond donors (Lipinski definition) is 1. The van der Waals surface area contributed by atoms with E-state index < -0.39 is 16.1 Å². The standard InChI is InChI=1S/C30H35Cl2N3O4S/c1-22(2)33-30(37)28(20-23-12-6-4-7-13-23)35(21-25-26(31)16-10-17-27(25)32)29(36)18-11-19-34(3)40(38,39)24-14-8-5-9-15-24/h4-10,12-17,22,28H,11,18-21H2,1-3H3,(H,33,37)/t28-/m0/s1. The van der Waals surface area contributed by atoms with E-state index in [0.717, 1.165) is 5.56 Å². The van der Waals surface area contributed by atoms with Crippen molar-refractivity contribution < 1.29 is 18.0 Å². The number of carbonyl (C=O) groups excluding carboxylic acids is 2. The fourth-order valence-electron chi connectivity index (χ4n) is 4.28. The van der Waals surface area contributed by atoms with Gasteiger partial charge in [0.15, 0.2) is 0 Å². The van der Waals surface area contributed by atoms with Crippen LogP contribution in [0, 0.1) is 0 Å². The van der Waals surface area contributed by atoms with Crippen LogP contribution in [0.4, 0.5) is 0 Å². The minimum absolute atomic E-state index is 0.0248. The Hall–Kier alpha value is -2.91. The summed E-state index contributed by atoms with van der Waals surface area (Å²) in [5.74, 6) is -0.597. The minimum Gasteiger partial charge on any atom is -0.352 e. The number of rotatable bonds is 13. The van der Waals surface area contributed by atoms with Crippen molar-refractivity contribution in [1.82, 2.24) is 14.5 Å². The number of halogens is 2. The third kappa shape index (κ3) is 8.54. The Morgan fingerprint density at radius 1 is 0.875 bits per heavy atom. The van der Waals surface area contributed by atoms with Crippen molar-refractivity contribution in [3.05, 3.63) is 100 Å².